The maximum absolute atomic E-state index is 12.8. The monoisotopic (exact) mass is 334 g/mol. The molecule has 3 fully saturated rings. The van der Waals surface area contributed by atoms with Crippen LogP contribution in [0.1, 0.15) is 85.5 Å². The molecule has 0 bridgehead atoms. The number of ether oxygens (including phenoxy) is 1. The van der Waals surface area contributed by atoms with Crippen LogP contribution in [0.4, 0.5) is 0 Å². The van der Waals surface area contributed by atoms with E-state index in [1.165, 1.54) is 6.92 Å². The van der Waals surface area contributed by atoms with Crippen molar-refractivity contribution in [3.8, 4) is 0 Å². The Morgan fingerprint density at radius 2 is 1.92 bits per heavy atom. The number of Topliss-reactive ketones (excluding diaryl/α,β-unsaturated/α-hetero) is 1. The summed E-state index contributed by atoms with van der Waals surface area (Å²) in [5.74, 6) is 2.17. The molecule has 0 aromatic rings. The van der Waals surface area contributed by atoms with Crippen molar-refractivity contribution < 1.29 is 14.3 Å². The van der Waals surface area contributed by atoms with Crippen molar-refractivity contribution in [3.63, 3.8) is 0 Å². The minimum absolute atomic E-state index is 0.0838. The Morgan fingerprint density at radius 1 is 1.17 bits per heavy atom. The van der Waals surface area contributed by atoms with Crippen molar-refractivity contribution in [1.29, 1.82) is 0 Å². The molecule has 0 aromatic carbocycles. The number of unbranched alkanes of at least 4 members (excludes halogenated alkanes) is 1. The molecule has 3 heteroatoms. The Morgan fingerprint density at radius 3 is 2.58 bits per heavy atom. The summed E-state index contributed by atoms with van der Waals surface area (Å²) in [7, 11) is 0. The number of carbonyl (C=O) groups is 2. The van der Waals surface area contributed by atoms with E-state index in [0.717, 1.165) is 57.8 Å². The molecule has 0 radical (unpaired) electrons. The van der Waals surface area contributed by atoms with Gasteiger partial charge in [0.15, 0.2) is 0 Å². The Kier molecular flexibility index (Phi) is 4.83. The molecule has 3 aliphatic rings. The third-order valence-electron chi connectivity index (χ3n) is 7.87. The largest absolute Gasteiger partial charge is 0.462 e. The topological polar surface area (TPSA) is 43.4 Å². The lowest BCUT2D eigenvalue weighted by atomic mass is 9.49. The number of esters is 1. The van der Waals surface area contributed by atoms with Crippen LogP contribution in [-0.2, 0) is 14.3 Å². The maximum atomic E-state index is 12.8. The standard InChI is InChI=1S/C21H34O3/c1-5-6-12-20(3)17-11-13-21(4)16(15(17)7-9-18(20)23)8-10-19(21)24-14(2)22/h15-17,19H,5-13H2,1-4H3/t15-,16-,17-,19-,20+,21-/m0/s1. The second-order valence-electron chi connectivity index (χ2n) is 9.08. The van der Waals surface area contributed by atoms with Crippen LogP contribution in [0, 0.1) is 28.6 Å². The summed E-state index contributed by atoms with van der Waals surface area (Å²) in [6.45, 7) is 8.34. The first-order valence-electron chi connectivity index (χ1n) is 10.0. The lowest BCUT2D eigenvalue weighted by Crippen LogP contribution is -2.53. The summed E-state index contributed by atoms with van der Waals surface area (Å²) < 4.78 is 5.70. The Hall–Kier alpha value is -0.860. The summed E-state index contributed by atoms with van der Waals surface area (Å²) >= 11 is 0. The fourth-order valence-corrected chi connectivity index (χ4v) is 6.49. The van der Waals surface area contributed by atoms with Crippen LogP contribution >= 0.6 is 0 Å². The molecule has 136 valence electrons. The molecule has 0 saturated heterocycles. The summed E-state index contributed by atoms with van der Waals surface area (Å²) in [6, 6.07) is 0. The lowest BCUT2D eigenvalue weighted by Gasteiger charge is -2.55. The normalized spacial score (nSPS) is 44.8. The zero-order valence-corrected chi connectivity index (χ0v) is 15.9. The molecule has 3 nitrogen and oxygen atoms in total. The molecule has 24 heavy (non-hydrogen) atoms. The number of ketones is 1. The zero-order chi connectivity index (χ0) is 17.5. The summed E-state index contributed by atoms with van der Waals surface area (Å²) in [5, 5.41) is 0. The van der Waals surface area contributed by atoms with E-state index in [1.54, 1.807) is 0 Å². The van der Waals surface area contributed by atoms with E-state index >= 15 is 0 Å². The predicted molar refractivity (Wildman–Crippen MR) is 94.5 cm³/mol. The van der Waals surface area contributed by atoms with Gasteiger partial charge in [-0.05, 0) is 56.3 Å². The number of carbonyl (C=O) groups excluding carboxylic acids is 2. The third kappa shape index (κ3) is 2.72. The van der Waals surface area contributed by atoms with Crippen LogP contribution in [0.5, 0.6) is 0 Å². The molecule has 0 heterocycles. The van der Waals surface area contributed by atoms with Gasteiger partial charge in [0.05, 0.1) is 0 Å². The van der Waals surface area contributed by atoms with Crippen LogP contribution < -0.4 is 0 Å². The lowest BCUT2D eigenvalue weighted by molar-refractivity contribution is -0.160. The van der Waals surface area contributed by atoms with Gasteiger partial charge in [0, 0.05) is 24.2 Å². The smallest absolute Gasteiger partial charge is 0.302 e. The van der Waals surface area contributed by atoms with Gasteiger partial charge in [0.1, 0.15) is 11.9 Å². The number of fused-ring (bicyclic) bond motifs is 3. The molecule has 0 unspecified atom stereocenters. The van der Waals surface area contributed by atoms with E-state index in [1.807, 2.05) is 0 Å². The molecule has 3 rings (SSSR count). The van der Waals surface area contributed by atoms with Gasteiger partial charge >= 0.3 is 5.97 Å². The van der Waals surface area contributed by atoms with Crippen molar-refractivity contribution in [2.24, 2.45) is 28.6 Å². The molecular weight excluding hydrogens is 300 g/mol. The fraction of sp³-hybridized carbons (Fsp3) is 0.905. The highest BCUT2D eigenvalue weighted by Gasteiger charge is 2.60. The molecule has 0 N–H and O–H groups in total. The first kappa shape index (κ1) is 17.9. The first-order valence-corrected chi connectivity index (χ1v) is 10.0. The second-order valence-corrected chi connectivity index (χ2v) is 9.08. The van der Waals surface area contributed by atoms with Crippen molar-refractivity contribution in [2.75, 3.05) is 0 Å². The fourth-order valence-electron chi connectivity index (χ4n) is 6.49. The van der Waals surface area contributed by atoms with Gasteiger partial charge in [-0.25, -0.2) is 0 Å². The van der Waals surface area contributed by atoms with E-state index in [4.69, 9.17) is 4.74 Å². The van der Waals surface area contributed by atoms with Gasteiger partial charge < -0.3 is 4.74 Å². The molecule has 0 aromatic heterocycles. The van der Waals surface area contributed by atoms with Crippen molar-refractivity contribution >= 4 is 11.8 Å². The minimum atomic E-state index is -0.143. The molecule has 6 atom stereocenters. The highest BCUT2D eigenvalue weighted by atomic mass is 16.5. The van der Waals surface area contributed by atoms with Gasteiger partial charge in [-0.2, -0.15) is 0 Å². The molecule has 0 aliphatic heterocycles. The predicted octanol–water partition coefficient (Wildman–Crippen LogP) is 4.92. The van der Waals surface area contributed by atoms with Crippen LogP contribution in [0.25, 0.3) is 0 Å². The molecule has 0 spiro atoms. The summed E-state index contributed by atoms with van der Waals surface area (Å²) in [6.07, 6.45) is 9.66. The summed E-state index contributed by atoms with van der Waals surface area (Å²) in [5.41, 5.74) is 0.0126. The average Bonchev–Trinajstić information content (AvgIpc) is 2.85. The van der Waals surface area contributed by atoms with E-state index in [-0.39, 0.29) is 22.9 Å². The Bertz CT molecular complexity index is 513. The SMILES string of the molecule is CCCC[C@@]1(C)C(=O)CC[C@H]2[C@@H]3CC[C@H](OC(C)=O)[C@@]3(C)CC[C@@H]21. The zero-order valence-electron chi connectivity index (χ0n) is 15.9. The van der Waals surface area contributed by atoms with Crippen LogP contribution in [-0.4, -0.2) is 17.9 Å². The molecule has 3 aliphatic carbocycles. The van der Waals surface area contributed by atoms with E-state index in [9.17, 15) is 9.59 Å². The molecular formula is C21H34O3. The average molecular weight is 335 g/mol. The Labute approximate surface area is 146 Å². The van der Waals surface area contributed by atoms with Crippen molar-refractivity contribution in [1.82, 2.24) is 0 Å². The summed E-state index contributed by atoms with van der Waals surface area (Å²) in [4.78, 5) is 24.3. The minimum Gasteiger partial charge on any atom is -0.462 e. The van der Waals surface area contributed by atoms with Crippen LogP contribution in [0.2, 0.25) is 0 Å². The quantitative estimate of drug-likeness (QED) is 0.685. The third-order valence-corrected chi connectivity index (χ3v) is 7.87. The van der Waals surface area contributed by atoms with Crippen molar-refractivity contribution in [2.45, 2.75) is 91.6 Å². The van der Waals surface area contributed by atoms with Gasteiger partial charge in [-0.15, -0.1) is 0 Å². The van der Waals surface area contributed by atoms with E-state index < -0.39 is 0 Å². The number of hydrogen-bond acceptors (Lipinski definition) is 3. The van der Waals surface area contributed by atoms with Crippen LogP contribution in [0.15, 0.2) is 0 Å². The molecule has 0 amide bonds. The highest BCUT2D eigenvalue weighted by Crippen LogP contribution is 2.63. The first-order chi connectivity index (χ1) is 11.3. The van der Waals surface area contributed by atoms with Gasteiger partial charge in [-0.3, -0.25) is 9.59 Å². The molecule has 3 saturated carbocycles. The number of rotatable bonds is 4. The van der Waals surface area contributed by atoms with Gasteiger partial charge in [0.25, 0.3) is 0 Å². The van der Waals surface area contributed by atoms with Crippen molar-refractivity contribution in [3.05, 3.63) is 0 Å². The van der Waals surface area contributed by atoms with E-state index in [0.29, 0.717) is 23.5 Å². The van der Waals surface area contributed by atoms with Gasteiger partial charge in [-0.1, -0.05) is 33.6 Å². The second kappa shape index (κ2) is 6.46. The van der Waals surface area contributed by atoms with Gasteiger partial charge in [0.2, 0.25) is 0 Å². The highest BCUT2D eigenvalue weighted by molar-refractivity contribution is 5.85. The van der Waals surface area contributed by atoms with Crippen LogP contribution in [0.3, 0.4) is 0 Å². The van der Waals surface area contributed by atoms with E-state index in [2.05, 4.69) is 20.8 Å². The maximum Gasteiger partial charge on any atom is 0.302 e. The number of hydrogen-bond donors (Lipinski definition) is 0. The Balaban J connectivity index is 1.83.